The average molecular weight is 287 g/mol. The number of aliphatic hydroxyl groups is 2. The van der Waals surface area contributed by atoms with Crippen molar-refractivity contribution in [1.29, 1.82) is 0 Å². The number of carbonyl (C=O) groups is 1. The Balaban J connectivity index is 2.17. The quantitative estimate of drug-likeness (QED) is 0.468. The SMILES string of the molecule is Nc1ccn([C@@H]2O[C@H](COC(=O)O)[C@@H](O)[C@H]2O)c(=O)n1. The van der Waals surface area contributed by atoms with Crippen LogP contribution in [0.15, 0.2) is 17.1 Å². The number of aliphatic hydroxyl groups excluding tert-OH is 2. The van der Waals surface area contributed by atoms with Crippen LogP contribution in [0.5, 0.6) is 0 Å². The smallest absolute Gasteiger partial charge is 0.450 e. The number of anilines is 1. The maximum absolute atomic E-state index is 11.6. The standard InChI is InChI=1S/C10H13N3O7/c11-5-1-2-13(9(16)12-5)8-7(15)6(14)4(20-8)3-19-10(17)18/h1-2,4,6-8,14-15H,3H2,(H,17,18)(H2,11,12,16)/t4-,6-,7-,8-/m1/s1. The van der Waals surface area contributed by atoms with Gasteiger partial charge in [-0.2, -0.15) is 4.98 Å². The molecule has 10 heteroatoms. The monoisotopic (exact) mass is 287 g/mol. The van der Waals surface area contributed by atoms with Gasteiger partial charge in [0.1, 0.15) is 30.7 Å². The Labute approximate surface area is 112 Å². The van der Waals surface area contributed by atoms with Crippen LogP contribution < -0.4 is 11.4 Å². The van der Waals surface area contributed by atoms with Gasteiger partial charge in [0, 0.05) is 6.20 Å². The zero-order chi connectivity index (χ0) is 14.9. The third kappa shape index (κ3) is 2.71. The highest BCUT2D eigenvalue weighted by Crippen LogP contribution is 2.28. The van der Waals surface area contributed by atoms with Crippen molar-refractivity contribution in [1.82, 2.24) is 9.55 Å². The minimum Gasteiger partial charge on any atom is -0.450 e. The van der Waals surface area contributed by atoms with Gasteiger partial charge < -0.3 is 30.5 Å². The van der Waals surface area contributed by atoms with Crippen molar-refractivity contribution in [2.45, 2.75) is 24.5 Å². The number of nitrogens with two attached hydrogens (primary N) is 1. The highest BCUT2D eigenvalue weighted by atomic mass is 16.7. The van der Waals surface area contributed by atoms with Gasteiger partial charge in [-0.05, 0) is 6.07 Å². The maximum atomic E-state index is 11.6. The van der Waals surface area contributed by atoms with E-state index in [2.05, 4.69) is 9.72 Å². The van der Waals surface area contributed by atoms with Gasteiger partial charge in [0.05, 0.1) is 0 Å². The minimum atomic E-state index is -1.54. The van der Waals surface area contributed by atoms with E-state index in [9.17, 15) is 19.8 Å². The summed E-state index contributed by atoms with van der Waals surface area (Å²) in [5.41, 5.74) is 4.57. The number of nitrogen functional groups attached to an aromatic ring is 1. The van der Waals surface area contributed by atoms with Crippen molar-refractivity contribution in [2.75, 3.05) is 12.3 Å². The zero-order valence-corrected chi connectivity index (χ0v) is 10.1. The van der Waals surface area contributed by atoms with E-state index in [-0.39, 0.29) is 5.82 Å². The molecule has 0 unspecified atom stereocenters. The molecule has 2 rings (SSSR count). The molecule has 0 saturated carbocycles. The van der Waals surface area contributed by atoms with Crippen LogP contribution in [-0.2, 0) is 9.47 Å². The second-order valence-corrected chi connectivity index (χ2v) is 4.17. The maximum Gasteiger partial charge on any atom is 0.505 e. The van der Waals surface area contributed by atoms with Crippen molar-refractivity contribution in [3.63, 3.8) is 0 Å². The number of ether oxygens (including phenoxy) is 2. The van der Waals surface area contributed by atoms with Gasteiger partial charge in [0.2, 0.25) is 0 Å². The molecular weight excluding hydrogens is 274 g/mol. The Morgan fingerprint density at radius 2 is 2.20 bits per heavy atom. The zero-order valence-electron chi connectivity index (χ0n) is 10.1. The summed E-state index contributed by atoms with van der Waals surface area (Å²) >= 11 is 0. The van der Waals surface area contributed by atoms with Crippen LogP contribution in [0.4, 0.5) is 10.6 Å². The molecule has 1 aromatic heterocycles. The minimum absolute atomic E-state index is 0.00467. The molecule has 0 radical (unpaired) electrons. The number of hydrogen-bond acceptors (Lipinski definition) is 8. The van der Waals surface area contributed by atoms with Crippen molar-refractivity contribution in [2.24, 2.45) is 0 Å². The Bertz CT molecular complexity index is 560. The topological polar surface area (TPSA) is 157 Å². The number of nitrogens with zero attached hydrogens (tertiary/aromatic N) is 2. The lowest BCUT2D eigenvalue weighted by molar-refractivity contribution is -0.0611. The molecule has 0 bridgehead atoms. The van der Waals surface area contributed by atoms with Crippen LogP contribution in [0.25, 0.3) is 0 Å². The first-order valence-corrected chi connectivity index (χ1v) is 5.62. The van der Waals surface area contributed by atoms with Crippen LogP contribution in [0.2, 0.25) is 0 Å². The predicted octanol–water partition coefficient (Wildman–Crippen LogP) is -1.86. The van der Waals surface area contributed by atoms with E-state index in [1.807, 2.05) is 0 Å². The third-order valence-electron chi connectivity index (χ3n) is 2.83. The second-order valence-electron chi connectivity index (χ2n) is 4.17. The lowest BCUT2D eigenvalue weighted by Gasteiger charge is -2.16. The summed E-state index contributed by atoms with van der Waals surface area (Å²) in [5, 5.41) is 28.0. The normalized spacial score (nSPS) is 29.3. The van der Waals surface area contributed by atoms with Crippen molar-refractivity contribution in [3.8, 4) is 0 Å². The van der Waals surface area contributed by atoms with Gasteiger partial charge in [-0.25, -0.2) is 9.59 Å². The van der Waals surface area contributed by atoms with Gasteiger partial charge in [-0.3, -0.25) is 4.57 Å². The molecule has 1 fully saturated rings. The molecular formula is C10H13N3O7. The Kier molecular flexibility index (Phi) is 3.88. The largest absolute Gasteiger partial charge is 0.505 e. The molecule has 1 saturated heterocycles. The number of carboxylic acid groups (broad SMARTS) is 1. The van der Waals surface area contributed by atoms with Gasteiger partial charge in [0.15, 0.2) is 6.23 Å². The summed E-state index contributed by atoms with van der Waals surface area (Å²) < 4.78 is 10.5. The molecule has 0 aromatic carbocycles. The van der Waals surface area contributed by atoms with Gasteiger partial charge in [-0.15, -0.1) is 0 Å². The molecule has 4 atom stereocenters. The Morgan fingerprint density at radius 1 is 1.50 bits per heavy atom. The van der Waals surface area contributed by atoms with Crippen molar-refractivity contribution >= 4 is 12.0 Å². The molecule has 20 heavy (non-hydrogen) atoms. The first kappa shape index (κ1) is 14.2. The van der Waals surface area contributed by atoms with Crippen LogP contribution in [0, 0.1) is 0 Å². The predicted molar refractivity (Wildman–Crippen MR) is 62.8 cm³/mol. The summed E-state index contributed by atoms with van der Waals surface area (Å²) in [7, 11) is 0. The Hall–Kier alpha value is -2.17. The van der Waals surface area contributed by atoms with Crippen LogP contribution in [0.1, 0.15) is 6.23 Å². The molecule has 2 heterocycles. The van der Waals surface area contributed by atoms with Gasteiger partial charge >= 0.3 is 11.8 Å². The van der Waals surface area contributed by atoms with Crippen LogP contribution in [-0.4, -0.2) is 55.9 Å². The first-order chi connectivity index (χ1) is 9.40. The third-order valence-corrected chi connectivity index (χ3v) is 2.83. The molecule has 0 aliphatic carbocycles. The average Bonchev–Trinajstić information content (AvgIpc) is 2.64. The fraction of sp³-hybridized carbons (Fsp3) is 0.500. The second kappa shape index (κ2) is 5.45. The van der Waals surface area contributed by atoms with E-state index in [4.69, 9.17) is 15.6 Å². The van der Waals surface area contributed by atoms with E-state index in [1.54, 1.807) is 0 Å². The lowest BCUT2D eigenvalue weighted by atomic mass is 10.1. The highest BCUT2D eigenvalue weighted by Gasteiger charge is 2.44. The van der Waals surface area contributed by atoms with E-state index < -0.39 is 43.0 Å². The number of rotatable bonds is 3. The highest BCUT2D eigenvalue weighted by molar-refractivity contribution is 5.56. The summed E-state index contributed by atoms with van der Waals surface area (Å²) in [6.45, 7) is -0.471. The molecule has 10 nitrogen and oxygen atoms in total. The molecule has 0 spiro atoms. The van der Waals surface area contributed by atoms with E-state index in [0.717, 1.165) is 4.57 Å². The van der Waals surface area contributed by atoms with E-state index in [0.29, 0.717) is 0 Å². The van der Waals surface area contributed by atoms with E-state index >= 15 is 0 Å². The van der Waals surface area contributed by atoms with E-state index in [1.165, 1.54) is 12.3 Å². The summed E-state index contributed by atoms with van der Waals surface area (Å²) in [6, 6.07) is 1.32. The molecule has 0 amide bonds. The Morgan fingerprint density at radius 3 is 2.80 bits per heavy atom. The van der Waals surface area contributed by atoms with Gasteiger partial charge in [0.25, 0.3) is 0 Å². The first-order valence-electron chi connectivity index (χ1n) is 5.62. The summed E-state index contributed by atoms with van der Waals surface area (Å²) in [4.78, 5) is 25.4. The fourth-order valence-corrected chi connectivity index (χ4v) is 1.87. The fourth-order valence-electron chi connectivity index (χ4n) is 1.87. The molecule has 1 aliphatic heterocycles. The summed E-state index contributed by atoms with van der Waals surface area (Å²) in [6.07, 6.45) is -5.40. The number of aromatic nitrogens is 2. The summed E-state index contributed by atoms with van der Waals surface area (Å²) in [5.74, 6) is 0.00467. The lowest BCUT2D eigenvalue weighted by Crippen LogP contribution is -2.36. The number of hydrogen-bond donors (Lipinski definition) is 4. The van der Waals surface area contributed by atoms with Crippen molar-refractivity contribution < 1.29 is 29.6 Å². The molecule has 1 aliphatic rings. The van der Waals surface area contributed by atoms with Crippen LogP contribution >= 0.6 is 0 Å². The van der Waals surface area contributed by atoms with Crippen molar-refractivity contribution in [3.05, 3.63) is 22.7 Å². The molecule has 5 N–H and O–H groups in total. The van der Waals surface area contributed by atoms with Gasteiger partial charge in [-0.1, -0.05) is 0 Å². The molecule has 110 valence electrons. The molecule has 1 aromatic rings. The van der Waals surface area contributed by atoms with Crippen LogP contribution in [0.3, 0.4) is 0 Å².